The summed E-state index contributed by atoms with van der Waals surface area (Å²) in [6.45, 7) is 0.748. The number of hydrogen-bond donors (Lipinski definition) is 2. The number of nitrogens with one attached hydrogen (secondary N) is 1. The zero-order valence-corrected chi connectivity index (χ0v) is 8.83. The Labute approximate surface area is 90.7 Å². The molecule has 0 radical (unpaired) electrons. The molecule has 1 aliphatic heterocycles. The van der Waals surface area contributed by atoms with Crippen molar-refractivity contribution in [2.45, 2.75) is 25.0 Å². The standard InChI is InChI=1S/C11H15NO.ClH/c13-11-7-10(12-8-11)6-9-4-2-1-3-5-9;/h1-5,10-13H,6-8H2;1H/t10-,11-;/m1./s1. The molecule has 1 heterocycles. The molecule has 78 valence electrons. The van der Waals surface area contributed by atoms with Crippen molar-refractivity contribution in [2.24, 2.45) is 0 Å². The molecular formula is C11H16ClNO. The van der Waals surface area contributed by atoms with Gasteiger partial charge in [0.1, 0.15) is 0 Å². The highest BCUT2D eigenvalue weighted by atomic mass is 35.5. The van der Waals surface area contributed by atoms with Gasteiger partial charge in [0.15, 0.2) is 0 Å². The normalized spacial score (nSPS) is 25.8. The number of rotatable bonds is 2. The molecule has 2 rings (SSSR count). The van der Waals surface area contributed by atoms with Gasteiger partial charge in [-0.1, -0.05) is 30.3 Å². The Hall–Kier alpha value is -0.570. The van der Waals surface area contributed by atoms with Gasteiger partial charge < -0.3 is 10.4 Å². The molecule has 2 nitrogen and oxygen atoms in total. The molecule has 0 spiro atoms. The summed E-state index contributed by atoms with van der Waals surface area (Å²) in [5.41, 5.74) is 1.34. The van der Waals surface area contributed by atoms with Gasteiger partial charge in [0.2, 0.25) is 0 Å². The average molecular weight is 214 g/mol. The van der Waals surface area contributed by atoms with Gasteiger partial charge in [-0.25, -0.2) is 0 Å². The SMILES string of the molecule is Cl.O[C@H]1CN[C@H](Cc2ccccc2)C1. The Morgan fingerprint density at radius 2 is 2.00 bits per heavy atom. The lowest BCUT2D eigenvalue weighted by Crippen LogP contribution is -2.23. The minimum Gasteiger partial charge on any atom is -0.392 e. The van der Waals surface area contributed by atoms with Crippen LogP contribution in [-0.2, 0) is 6.42 Å². The van der Waals surface area contributed by atoms with E-state index in [0.29, 0.717) is 6.04 Å². The van der Waals surface area contributed by atoms with E-state index in [4.69, 9.17) is 0 Å². The van der Waals surface area contributed by atoms with Crippen molar-refractivity contribution in [3.05, 3.63) is 35.9 Å². The molecular weight excluding hydrogens is 198 g/mol. The second-order valence-corrected chi connectivity index (χ2v) is 3.68. The fraction of sp³-hybridized carbons (Fsp3) is 0.455. The minimum atomic E-state index is -0.145. The highest BCUT2D eigenvalue weighted by Crippen LogP contribution is 2.12. The largest absolute Gasteiger partial charge is 0.392 e. The fourth-order valence-electron chi connectivity index (χ4n) is 1.85. The van der Waals surface area contributed by atoms with Crippen LogP contribution in [0.4, 0.5) is 0 Å². The number of aliphatic hydroxyl groups is 1. The van der Waals surface area contributed by atoms with E-state index in [1.807, 2.05) is 6.07 Å². The second kappa shape index (κ2) is 5.35. The first-order chi connectivity index (χ1) is 6.34. The van der Waals surface area contributed by atoms with E-state index in [2.05, 4.69) is 29.6 Å². The zero-order chi connectivity index (χ0) is 9.10. The molecule has 1 aromatic carbocycles. The first kappa shape index (κ1) is 11.5. The van der Waals surface area contributed by atoms with Crippen LogP contribution in [0, 0.1) is 0 Å². The van der Waals surface area contributed by atoms with Crippen molar-refractivity contribution in [3.63, 3.8) is 0 Å². The maximum absolute atomic E-state index is 9.32. The number of β-amino-alcohol motifs (C(OH)–C–C–N with tert-alkyl or cyclic N) is 1. The lowest BCUT2D eigenvalue weighted by Gasteiger charge is -2.09. The fourth-order valence-corrected chi connectivity index (χ4v) is 1.85. The molecule has 1 aromatic rings. The molecule has 0 aromatic heterocycles. The van der Waals surface area contributed by atoms with Crippen LogP contribution >= 0.6 is 12.4 Å². The summed E-state index contributed by atoms with van der Waals surface area (Å²) in [5, 5.41) is 12.6. The van der Waals surface area contributed by atoms with Crippen molar-refractivity contribution in [1.82, 2.24) is 5.32 Å². The van der Waals surface area contributed by atoms with E-state index in [1.54, 1.807) is 0 Å². The van der Waals surface area contributed by atoms with Gasteiger partial charge in [-0.2, -0.15) is 0 Å². The quantitative estimate of drug-likeness (QED) is 0.778. The molecule has 2 N–H and O–H groups in total. The van der Waals surface area contributed by atoms with Crippen LogP contribution in [0.25, 0.3) is 0 Å². The molecule has 0 amide bonds. The van der Waals surface area contributed by atoms with Gasteiger partial charge in [-0.3, -0.25) is 0 Å². The Kier molecular flexibility index (Phi) is 4.39. The van der Waals surface area contributed by atoms with E-state index >= 15 is 0 Å². The highest BCUT2D eigenvalue weighted by Gasteiger charge is 2.21. The summed E-state index contributed by atoms with van der Waals surface area (Å²) in [5.74, 6) is 0. The maximum Gasteiger partial charge on any atom is 0.0679 e. The summed E-state index contributed by atoms with van der Waals surface area (Å²) in [4.78, 5) is 0. The summed E-state index contributed by atoms with van der Waals surface area (Å²) < 4.78 is 0. The number of aliphatic hydroxyl groups excluding tert-OH is 1. The molecule has 0 unspecified atom stereocenters. The van der Waals surface area contributed by atoms with E-state index in [-0.39, 0.29) is 18.5 Å². The summed E-state index contributed by atoms with van der Waals surface area (Å²) in [6.07, 6.45) is 1.76. The molecule has 1 saturated heterocycles. The third-order valence-corrected chi connectivity index (χ3v) is 2.52. The third-order valence-electron chi connectivity index (χ3n) is 2.52. The van der Waals surface area contributed by atoms with Crippen molar-refractivity contribution < 1.29 is 5.11 Å². The van der Waals surface area contributed by atoms with Crippen LogP contribution in [0.3, 0.4) is 0 Å². The lowest BCUT2D eigenvalue weighted by atomic mass is 10.0. The number of halogens is 1. The summed E-state index contributed by atoms with van der Waals surface area (Å²) in [6, 6.07) is 10.9. The van der Waals surface area contributed by atoms with E-state index in [0.717, 1.165) is 19.4 Å². The second-order valence-electron chi connectivity index (χ2n) is 3.68. The zero-order valence-electron chi connectivity index (χ0n) is 8.02. The monoisotopic (exact) mass is 213 g/mol. The van der Waals surface area contributed by atoms with Crippen LogP contribution in [0.15, 0.2) is 30.3 Å². The Morgan fingerprint density at radius 3 is 2.57 bits per heavy atom. The first-order valence-corrected chi connectivity index (χ1v) is 4.80. The Balaban J connectivity index is 0.000000980. The minimum absolute atomic E-state index is 0. The predicted molar refractivity (Wildman–Crippen MR) is 59.8 cm³/mol. The summed E-state index contributed by atoms with van der Waals surface area (Å²) >= 11 is 0. The van der Waals surface area contributed by atoms with Crippen LogP contribution in [-0.4, -0.2) is 23.8 Å². The highest BCUT2D eigenvalue weighted by molar-refractivity contribution is 5.85. The maximum atomic E-state index is 9.32. The van der Waals surface area contributed by atoms with Crippen molar-refractivity contribution in [3.8, 4) is 0 Å². The van der Waals surface area contributed by atoms with Crippen molar-refractivity contribution >= 4 is 12.4 Å². The van der Waals surface area contributed by atoms with Crippen LogP contribution in [0.5, 0.6) is 0 Å². The van der Waals surface area contributed by atoms with Crippen molar-refractivity contribution in [1.29, 1.82) is 0 Å². The Morgan fingerprint density at radius 1 is 1.29 bits per heavy atom. The summed E-state index contributed by atoms with van der Waals surface area (Å²) in [7, 11) is 0. The topological polar surface area (TPSA) is 32.3 Å². The molecule has 0 aliphatic carbocycles. The smallest absolute Gasteiger partial charge is 0.0679 e. The van der Waals surface area contributed by atoms with Gasteiger partial charge in [0.05, 0.1) is 6.10 Å². The molecule has 0 saturated carbocycles. The molecule has 0 bridgehead atoms. The molecule has 2 atom stereocenters. The van der Waals surface area contributed by atoms with Crippen LogP contribution < -0.4 is 5.32 Å². The lowest BCUT2D eigenvalue weighted by molar-refractivity contribution is 0.193. The van der Waals surface area contributed by atoms with Gasteiger partial charge in [-0.15, -0.1) is 12.4 Å². The molecule has 14 heavy (non-hydrogen) atoms. The molecule has 3 heteroatoms. The predicted octanol–water partition coefficient (Wildman–Crippen LogP) is 1.37. The van der Waals surface area contributed by atoms with Gasteiger partial charge >= 0.3 is 0 Å². The van der Waals surface area contributed by atoms with Gasteiger partial charge in [-0.05, 0) is 18.4 Å². The third kappa shape index (κ3) is 2.98. The molecule has 1 fully saturated rings. The first-order valence-electron chi connectivity index (χ1n) is 4.80. The Bertz CT molecular complexity index is 265. The van der Waals surface area contributed by atoms with Crippen molar-refractivity contribution in [2.75, 3.05) is 6.54 Å². The van der Waals surface area contributed by atoms with Gasteiger partial charge in [0, 0.05) is 12.6 Å². The molecule has 1 aliphatic rings. The van der Waals surface area contributed by atoms with E-state index < -0.39 is 0 Å². The number of benzene rings is 1. The number of hydrogen-bond acceptors (Lipinski definition) is 2. The van der Waals surface area contributed by atoms with Crippen LogP contribution in [0.2, 0.25) is 0 Å². The van der Waals surface area contributed by atoms with E-state index in [9.17, 15) is 5.11 Å². The van der Waals surface area contributed by atoms with Gasteiger partial charge in [0.25, 0.3) is 0 Å². The average Bonchev–Trinajstić information content (AvgIpc) is 2.53. The van der Waals surface area contributed by atoms with E-state index in [1.165, 1.54) is 5.56 Å². The van der Waals surface area contributed by atoms with Crippen LogP contribution in [0.1, 0.15) is 12.0 Å².